The summed E-state index contributed by atoms with van der Waals surface area (Å²) < 4.78 is 0. The molecule has 1 aromatic heterocycles. The van der Waals surface area contributed by atoms with Gasteiger partial charge in [0.15, 0.2) is 0 Å². The highest BCUT2D eigenvalue weighted by Gasteiger charge is 2.25. The Morgan fingerprint density at radius 2 is 1.48 bits per heavy atom. The van der Waals surface area contributed by atoms with Gasteiger partial charge in [-0.1, -0.05) is 23.2 Å². The minimum Gasteiger partial charge on any atom is -0.367 e. The lowest BCUT2D eigenvalue weighted by Gasteiger charge is -2.34. The number of piperazine rings is 1. The van der Waals surface area contributed by atoms with Gasteiger partial charge in [-0.2, -0.15) is 0 Å². The largest absolute Gasteiger partial charge is 0.367 e. The summed E-state index contributed by atoms with van der Waals surface area (Å²) in [7, 11) is 0. The molecule has 1 saturated heterocycles. The van der Waals surface area contributed by atoms with Crippen LogP contribution in [0.1, 0.15) is 20.7 Å². The third-order valence-electron chi connectivity index (χ3n) is 3.87. The van der Waals surface area contributed by atoms with Crippen molar-refractivity contribution in [3.05, 3.63) is 57.8 Å². The second-order valence-corrected chi connectivity index (χ2v) is 6.13. The predicted octanol–water partition coefficient (Wildman–Crippen LogP) is 2.92. The average molecular weight is 352 g/mol. The van der Waals surface area contributed by atoms with Crippen LogP contribution < -0.4 is 0 Å². The number of halogens is 2. The number of nitrogens with zero attached hydrogens (tertiary/aromatic N) is 2. The van der Waals surface area contributed by atoms with E-state index in [9.17, 15) is 9.59 Å². The molecular formula is C16H15Cl2N3O2. The van der Waals surface area contributed by atoms with Crippen LogP contribution >= 0.6 is 23.2 Å². The number of rotatable bonds is 2. The van der Waals surface area contributed by atoms with Crippen molar-refractivity contribution in [1.29, 1.82) is 0 Å². The molecule has 0 unspecified atom stereocenters. The third kappa shape index (κ3) is 3.35. The van der Waals surface area contributed by atoms with Crippen LogP contribution in [0, 0.1) is 0 Å². The maximum absolute atomic E-state index is 12.5. The smallest absolute Gasteiger partial charge is 0.255 e. The zero-order valence-electron chi connectivity index (χ0n) is 12.3. The summed E-state index contributed by atoms with van der Waals surface area (Å²) in [4.78, 5) is 31.1. The predicted molar refractivity (Wildman–Crippen MR) is 89.1 cm³/mol. The molecule has 1 aliphatic rings. The fraction of sp³-hybridized carbons (Fsp3) is 0.250. The minimum atomic E-state index is -0.0997. The fourth-order valence-electron chi connectivity index (χ4n) is 2.56. The second-order valence-electron chi connectivity index (χ2n) is 5.31. The maximum Gasteiger partial charge on any atom is 0.255 e. The van der Waals surface area contributed by atoms with Crippen LogP contribution in [-0.4, -0.2) is 52.8 Å². The SMILES string of the molecule is O=C(c1cc[nH]c1)N1CCN(C(=O)c2ccc(Cl)c(Cl)c2)CC1. The highest BCUT2D eigenvalue weighted by Crippen LogP contribution is 2.23. The van der Waals surface area contributed by atoms with Crippen LogP contribution in [-0.2, 0) is 0 Å². The molecule has 3 rings (SSSR count). The Hall–Kier alpha value is -1.98. The molecule has 2 amide bonds. The first kappa shape index (κ1) is 15.9. The van der Waals surface area contributed by atoms with Crippen molar-refractivity contribution in [1.82, 2.24) is 14.8 Å². The van der Waals surface area contributed by atoms with Crippen LogP contribution in [0.2, 0.25) is 10.0 Å². The van der Waals surface area contributed by atoms with Crippen LogP contribution in [0.25, 0.3) is 0 Å². The molecule has 0 atom stereocenters. The van der Waals surface area contributed by atoms with Crippen molar-refractivity contribution in [2.45, 2.75) is 0 Å². The first-order valence-electron chi connectivity index (χ1n) is 7.22. The zero-order chi connectivity index (χ0) is 16.4. The number of aromatic amines is 1. The first-order valence-corrected chi connectivity index (χ1v) is 7.98. The van der Waals surface area contributed by atoms with Gasteiger partial charge >= 0.3 is 0 Å². The number of H-pyrrole nitrogens is 1. The van der Waals surface area contributed by atoms with E-state index >= 15 is 0 Å². The second kappa shape index (κ2) is 6.64. The average Bonchev–Trinajstić information content (AvgIpc) is 3.11. The zero-order valence-corrected chi connectivity index (χ0v) is 13.8. The van der Waals surface area contributed by atoms with Crippen molar-refractivity contribution in [3.8, 4) is 0 Å². The lowest BCUT2D eigenvalue weighted by atomic mass is 10.1. The Bertz CT molecular complexity index is 723. The molecule has 5 nitrogen and oxygen atoms in total. The number of carbonyl (C=O) groups excluding carboxylic acids is 2. The highest BCUT2D eigenvalue weighted by molar-refractivity contribution is 6.42. The molecule has 0 bridgehead atoms. The van der Waals surface area contributed by atoms with Gasteiger partial charge in [-0.25, -0.2) is 0 Å². The molecule has 2 aromatic rings. The highest BCUT2D eigenvalue weighted by atomic mass is 35.5. The minimum absolute atomic E-state index is 0.0205. The van der Waals surface area contributed by atoms with E-state index in [0.29, 0.717) is 47.4 Å². The molecule has 0 saturated carbocycles. The monoisotopic (exact) mass is 351 g/mol. The number of benzene rings is 1. The maximum atomic E-state index is 12.5. The topological polar surface area (TPSA) is 56.4 Å². The van der Waals surface area contributed by atoms with Gasteiger partial charge in [-0.05, 0) is 24.3 Å². The number of hydrogen-bond donors (Lipinski definition) is 1. The van der Waals surface area contributed by atoms with Gasteiger partial charge in [0.05, 0.1) is 15.6 Å². The van der Waals surface area contributed by atoms with Crippen molar-refractivity contribution in [2.24, 2.45) is 0 Å². The van der Waals surface area contributed by atoms with Crippen LogP contribution in [0.15, 0.2) is 36.7 Å². The standard InChI is InChI=1S/C16H15Cl2N3O2/c17-13-2-1-11(9-14(13)18)15(22)20-5-7-21(8-6-20)16(23)12-3-4-19-10-12/h1-4,9-10,19H,5-8H2. The van der Waals surface area contributed by atoms with E-state index in [0.717, 1.165) is 0 Å². The number of nitrogens with one attached hydrogen (secondary N) is 1. The van der Waals surface area contributed by atoms with Crippen molar-refractivity contribution in [2.75, 3.05) is 26.2 Å². The van der Waals surface area contributed by atoms with Crippen LogP contribution in [0.3, 0.4) is 0 Å². The van der Waals surface area contributed by atoms with Crippen LogP contribution in [0.5, 0.6) is 0 Å². The summed E-state index contributed by atoms with van der Waals surface area (Å²) in [5.41, 5.74) is 1.14. The summed E-state index contributed by atoms with van der Waals surface area (Å²) >= 11 is 11.8. The molecule has 1 aliphatic heterocycles. The lowest BCUT2D eigenvalue weighted by molar-refractivity contribution is 0.0535. The molecular weight excluding hydrogens is 337 g/mol. The summed E-state index contributed by atoms with van der Waals surface area (Å²) in [5, 5.41) is 0.781. The van der Waals surface area contributed by atoms with E-state index in [1.807, 2.05) is 0 Å². The van der Waals surface area contributed by atoms with E-state index < -0.39 is 0 Å². The molecule has 0 radical (unpaired) electrons. The van der Waals surface area contributed by atoms with Crippen molar-refractivity contribution < 1.29 is 9.59 Å². The molecule has 1 fully saturated rings. The number of aromatic nitrogens is 1. The van der Waals surface area contributed by atoms with Gasteiger partial charge in [0, 0.05) is 44.1 Å². The molecule has 0 spiro atoms. The van der Waals surface area contributed by atoms with E-state index in [2.05, 4.69) is 4.98 Å². The van der Waals surface area contributed by atoms with Crippen LogP contribution in [0.4, 0.5) is 0 Å². The van der Waals surface area contributed by atoms with Crippen molar-refractivity contribution >= 4 is 35.0 Å². The number of amides is 2. The van der Waals surface area contributed by atoms with Crippen molar-refractivity contribution in [3.63, 3.8) is 0 Å². The van der Waals surface area contributed by atoms with Gasteiger partial charge in [0.25, 0.3) is 11.8 Å². The van der Waals surface area contributed by atoms with Gasteiger partial charge in [-0.3, -0.25) is 9.59 Å². The van der Waals surface area contributed by atoms with Gasteiger partial charge in [0.1, 0.15) is 0 Å². The number of carbonyl (C=O) groups is 2. The Balaban J connectivity index is 1.63. The molecule has 0 aliphatic carbocycles. The normalized spacial score (nSPS) is 14.9. The first-order chi connectivity index (χ1) is 11.1. The Morgan fingerprint density at radius 3 is 2.00 bits per heavy atom. The van der Waals surface area contributed by atoms with E-state index in [1.165, 1.54) is 0 Å². The van der Waals surface area contributed by atoms with Gasteiger partial charge in [-0.15, -0.1) is 0 Å². The summed E-state index contributed by atoms with van der Waals surface area (Å²) in [6.45, 7) is 2.01. The Kier molecular flexibility index (Phi) is 4.59. The van der Waals surface area contributed by atoms with E-state index in [-0.39, 0.29) is 11.8 Å². The van der Waals surface area contributed by atoms with Gasteiger partial charge in [0.2, 0.25) is 0 Å². The summed E-state index contributed by atoms with van der Waals surface area (Å²) in [5.74, 6) is -0.120. The van der Waals surface area contributed by atoms with Gasteiger partial charge < -0.3 is 14.8 Å². The quantitative estimate of drug-likeness (QED) is 0.904. The molecule has 1 aromatic carbocycles. The third-order valence-corrected chi connectivity index (χ3v) is 4.60. The molecule has 7 heteroatoms. The summed E-state index contributed by atoms with van der Waals surface area (Å²) in [6, 6.07) is 6.59. The van der Waals surface area contributed by atoms with E-state index in [1.54, 1.807) is 46.5 Å². The molecule has 120 valence electrons. The molecule has 2 heterocycles. The fourth-order valence-corrected chi connectivity index (χ4v) is 2.86. The molecule has 1 N–H and O–H groups in total. The Morgan fingerprint density at radius 1 is 0.870 bits per heavy atom. The summed E-state index contributed by atoms with van der Waals surface area (Å²) in [6.07, 6.45) is 3.40. The Labute approximate surface area is 143 Å². The van der Waals surface area contributed by atoms with E-state index in [4.69, 9.17) is 23.2 Å². The molecule has 23 heavy (non-hydrogen) atoms. The lowest BCUT2D eigenvalue weighted by Crippen LogP contribution is -2.50. The number of hydrogen-bond acceptors (Lipinski definition) is 2.